The summed E-state index contributed by atoms with van der Waals surface area (Å²) in [5, 5.41) is 4.21. The van der Waals surface area contributed by atoms with Crippen LogP contribution in [-0.2, 0) is 6.42 Å². The highest BCUT2D eigenvalue weighted by Gasteiger charge is 2.14. The number of rotatable bonds is 4. The van der Waals surface area contributed by atoms with Crippen LogP contribution in [-0.4, -0.2) is 15.4 Å². The second-order valence-corrected chi connectivity index (χ2v) is 4.86. The van der Waals surface area contributed by atoms with Crippen LogP contribution in [0.1, 0.15) is 34.8 Å². The smallest absolute Gasteiger partial charge is 0.196 e. The molecule has 100 valence electrons. The van der Waals surface area contributed by atoms with Gasteiger partial charge in [-0.25, -0.2) is 4.52 Å². The van der Waals surface area contributed by atoms with Crippen LogP contribution in [0, 0.1) is 0 Å². The zero-order chi connectivity index (χ0) is 13.9. The third-order valence-electron chi connectivity index (χ3n) is 3.43. The van der Waals surface area contributed by atoms with Gasteiger partial charge in [-0.3, -0.25) is 4.79 Å². The molecule has 3 nitrogen and oxygen atoms in total. The molecule has 3 aromatic rings. The molecule has 0 fully saturated rings. The molecule has 3 rings (SSSR count). The molecule has 0 saturated heterocycles. The fourth-order valence-electron chi connectivity index (χ4n) is 2.38. The average molecular weight is 264 g/mol. The fourth-order valence-corrected chi connectivity index (χ4v) is 2.38. The third-order valence-corrected chi connectivity index (χ3v) is 3.43. The molecule has 0 aliphatic carbocycles. The molecular formula is C17H16N2O. The van der Waals surface area contributed by atoms with Gasteiger partial charge in [0.2, 0.25) is 0 Å². The lowest BCUT2D eigenvalue weighted by Crippen LogP contribution is -2.01. The van der Waals surface area contributed by atoms with Gasteiger partial charge >= 0.3 is 0 Å². The molecule has 2 heterocycles. The summed E-state index contributed by atoms with van der Waals surface area (Å²) in [6, 6.07) is 13.6. The van der Waals surface area contributed by atoms with E-state index in [0.29, 0.717) is 11.1 Å². The molecule has 0 bridgehead atoms. The lowest BCUT2D eigenvalue weighted by Gasteiger charge is -2.02. The van der Waals surface area contributed by atoms with Gasteiger partial charge in [0.05, 0.1) is 17.3 Å². The molecule has 2 aromatic heterocycles. The van der Waals surface area contributed by atoms with Crippen LogP contribution in [0.2, 0.25) is 0 Å². The molecule has 0 unspecified atom stereocenters. The van der Waals surface area contributed by atoms with Crippen molar-refractivity contribution in [3.05, 3.63) is 71.5 Å². The minimum Gasteiger partial charge on any atom is -0.288 e. The first kappa shape index (κ1) is 12.6. The number of aryl methyl sites for hydroxylation is 1. The van der Waals surface area contributed by atoms with Crippen LogP contribution in [0.25, 0.3) is 5.52 Å². The van der Waals surface area contributed by atoms with Crippen LogP contribution in [0.15, 0.2) is 54.9 Å². The third kappa shape index (κ3) is 2.23. The first-order valence-corrected chi connectivity index (χ1v) is 6.85. The number of aromatic nitrogens is 2. The van der Waals surface area contributed by atoms with E-state index in [2.05, 4.69) is 12.0 Å². The van der Waals surface area contributed by atoms with Crippen molar-refractivity contribution in [1.82, 2.24) is 9.61 Å². The molecule has 0 aliphatic rings. The maximum Gasteiger partial charge on any atom is 0.196 e. The average Bonchev–Trinajstić information content (AvgIpc) is 2.92. The predicted molar refractivity (Wildman–Crippen MR) is 79.1 cm³/mol. The summed E-state index contributed by atoms with van der Waals surface area (Å²) in [6.07, 6.45) is 5.64. The lowest BCUT2D eigenvalue weighted by molar-refractivity contribution is 0.104. The first-order chi connectivity index (χ1) is 9.79. The number of nitrogens with zero attached hydrogens (tertiary/aromatic N) is 2. The van der Waals surface area contributed by atoms with Crippen LogP contribution >= 0.6 is 0 Å². The molecule has 0 N–H and O–H groups in total. The van der Waals surface area contributed by atoms with Gasteiger partial charge in [-0.15, -0.1) is 0 Å². The molecule has 0 aliphatic heterocycles. The monoisotopic (exact) mass is 264 g/mol. The highest BCUT2D eigenvalue weighted by atomic mass is 16.1. The van der Waals surface area contributed by atoms with E-state index >= 15 is 0 Å². The Morgan fingerprint density at radius 2 is 1.95 bits per heavy atom. The Kier molecular flexibility index (Phi) is 3.33. The second kappa shape index (κ2) is 5.29. The number of fused-ring (bicyclic) bond motifs is 1. The van der Waals surface area contributed by atoms with Crippen molar-refractivity contribution in [1.29, 1.82) is 0 Å². The van der Waals surface area contributed by atoms with Crippen molar-refractivity contribution < 1.29 is 4.79 Å². The summed E-state index contributed by atoms with van der Waals surface area (Å²) in [7, 11) is 0. The number of hydrogen-bond donors (Lipinski definition) is 0. The van der Waals surface area contributed by atoms with Gasteiger partial charge in [0.1, 0.15) is 0 Å². The quantitative estimate of drug-likeness (QED) is 0.676. The highest BCUT2D eigenvalue weighted by molar-refractivity contribution is 6.12. The molecule has 0 spiro atoms. The van der Waals surface area contributed by atoms with Crippen LogP contribution < -0.4 is 0 Å². The van der Waals surface area contributed by atoms with Crippen molar-refractivity contribution in [2.24, 2.45) is 0 Å². The maximum absolute atomic E-state index is 12.5. The van der Waals surface area contributed by atoms with Gasteiger partial charge in [0.15, 0.2) is 5.78 Å². The van der Waals surface area contributed by atoms with Crippen molar-refractivity contribution >= 4 is 11.3 Å². The largest absolute Gasteiger partial charge is 0.288 e. The Bertz CT molecular complexity index is 741. The normalized spacial score (nSPS) is 10.8. The SMILES string of the molecule is CCCc1ccc(C(=O)c2cnn3ccccc23)cc1. The van der Waals surface area contributed by atoms with Crippen molar-refractivity contribution in [3.8, 4) is 0 Å². The van der Waals surface area contributed by atoms with Crippen LogP contribution in [0.3, 0.4) is 0 Å². The van der Waals surface area contributed by atoms with Gasteiger partial charge in [-0.2, -0.15) is 5.10 Å². The summed E-state index contributed by atoms with van der Waals surface area (Å²) >= 11 is 0. The summed E-state index contributed by atoms with van der Waals surface area (Å²) in [6.45, 7) is 2.15. The summed E-state index contributed by atoms with van der Waals surface area (Å²) in [4.78, 5) is 12.5. The number of ketones is 1. The molecule has 0 saturated carbocycles. The minimum absolute atomic E-state index is 0.0225. The number of hydrogen-bond acceptors (Lipinski definition) is 2. The molecule has 0 amide bonds. The Morgan fingerprint density at radius 3 is 2.70 bits per heavy atom. The highest BCUT2D eigenvalue weighted by Crippen LogP contribution is 2.16. The zero-order valence-corrected chi connectivity index (χ0v) is 11.4. The van der Waals surface area contributed by atoms with Crippen molar-refractivity contribution in [3.63, 3.8) is 0 Å². The Balaban J connectivity index is 1.95. The lowest BCUT2D eigenvalue weighted by atomic mass is 10.0. The van der Waals surface area contributed by atoms with Gasteiger partial charge in [0.25, 0.3) is 0 Å². The molecular weight excluding hydrogens is 248 g/mol. The molecule has 20 heavy (non-hydrogen) atoms. The Hall–Kier alpha value is -2.42. The first-order valence-electron chi connectivity index (χ1n) is 6.85. The van der Waals surface area contributed by atoms with Crippen LogP contribution in [0.4, 0.5) is 0 Å². The summed E-state index contributed by atoms with van der Waals surface area (Å²) in [5.74, 6) is 0.0225. The van der Waals surface area contributed by atoms with E-state index < -0.39 is 0 Å². The van der Waals surface area contributed by atoms with Gasteiger partial charge in [-0.1, -0.05) is 43.7 Å². The molecule has 3 heteroatoms. The van der Waals surface area contributed by atoms with Gasteiger partial charge < -0.3 is 0 Å². The molecule has 0 atom stereocenters. The summed E-state index contributed by atoms with van der Waals surface area (Å²) in [5.41, 5.74) is 3.47. The Morgan fingerprint density at radius 1 is 1.15 bits per heavy atom. The van der Waals surface area contributed by atoms with E-state index in [4.69, 9.17) is 0 Å². The van der Waals surface area contributed by atoms with Crippen molar-refractivity contribution in [2.45, 2.75) is 19.8 Å². The Labute approximate surface area is 117 Å². The number of carbonyl (C=O) groups excluding carboxylic acids is 1. The molecule has 0 radical (unpaired) electrons. The van der Waals surface area contributed by atoms with Crippen LogP contribution in [0.5, 0.6) is 0 Å². The number of benzene rings is 1. The van der Waals surface area contributed by atoms with E-state index in [1.165, 1.54) is 5.56 Å². The van der Waals surface area contributed by atoms with Gasteiger partial charge in [0, 0.05) is 11.8 Å². The minimum atomic E-state index is 0.0225. The second-order valence-electron chi connectivity index (χ2n) is 4.86. The van der Waals surface area contributed by atoms with E-state index in [1.54, 1.807) is 10.7 Å². The standard InChI is InChI=1S/C17H16N2O/c1-2-5-13-7-9-14(10-8-13)17(20)15-12-18-19-11-4-3-6-16(15)19/h3-4,6-12H,2,5H2,1H3. The number of pyridine rings is 1. The maximum atomic E-state index is 12.5. The summed E-state index contributed by atoms with van der Waals surface area (Å²) < 4.78 is 1.72. The van der Waals surface area contributed by atoms with E-state index in [9.17, 15) is 4.79 Å². The van der Waals surface area contributed by atoms with Crippen molar-refractivity contribution in [2.75, 3.05) is 0 Å². The topological polar surface area (TPSA) is 34.4 Å². The zero-order valence-electron chi connectivity index (χ0n) is 11.4. The van der Waals surface area contributed by atoms with E-state index in [0.717, 1.165) is 18.4 Å². The fraction of sp³-hybridized carbons (Fsp3) is 0.176. The van der Waals surface area contributed by atoms with E-state index in [1.807, 2.05) is 48.7 Å². The van der Waals surface area contributed by atoms with E-state index in [-0.39, 0.29) is 5.78 Å². The molecule has 1 aromatic carbocycles. The number of carbonyl (C=O) groups is 1. The predicted octanol–water partition coefficient (Wildman–Crippen LogP) is 3.52. The van der Waals surface area contributed by atoms with Gasteiger partial charge in [-0.05, 0) is 24.1 Å².